The second-order valence-corrected chi connectivity index (χ2v) is 3.54. The van der Waals surface area contributed by atoms with Crippen LogP contribution >= 0.6 is 11.6 Å². The predicted octanol–water partition coefficient (Wildman–Crippen LogP) is 2.04. The average molecular weight is 218 g/mol. The molecule has 0 radical (unpaired) electrons. The first-order chi connectivity index (χ1) is 6.57. The fourth-order valence-electron chi connectivity index (χ4n) is 1.37. The fraction of sp³-hybridized carbons (Fsp3) is 0.400. The zero-order valence-electron chi connectivity index (χ0n) is 8.14. The molecule has 2 N–H and O–H groups in total. The van der Waals surface area contributed by atoms with Crippen molar-refractivity contribution in [3.63, 3.8) is 0 Å². The lowest BCUT2D eigenvalue weighted by molar-refractivity contribution is 0.176. The van der Waals surface area contributed by atoms with Crippen LogP contribution < -0.4 is 5.32 Å². The summed E-state index contributed by atoms with van der Waals surface area (Å²) < 4.78 is 13.1. The molecule has 1 unspecified atom stereocenters. The van der Waals surface area contributed by atoms with Gasteiger partial charge in [0.25, 0.3) is 0 Å². The zero-order valence-corrected chi connectivity index (χ0v) is 8.90. The molecule has 78 valence electrons. The van der Waals surface area contributed by atoms with Crippen molar-refractivity contribution < 1.29 is 9.50 Å². The molecule has 0 saturated heterocycles. The van der Waals surface area contributed by atoms with Gasteiger partial charge in [-0.25, -0.2) is 4.39 Å². The second kappa shape index (κ2) is 4.73. The SMILES string of the molecule is CNCC(O)c1c(C)ccc(F)c1Cl. The molecule has 1 rings (SSSR count). The van der Waals surface area contributed by atoms with Crippen molar-refractivity contribution in [1.29, 1.82) is 0 Å². The van der Waals surface area contributed by atoms with Gasteiger partial charge in [-0.2, -0.15) is 0 Å². The molecule has 0 spiro atoms. The Bertz CT molecular complexity index is 330. The molecular formula is C10H13ClFNO. The van der Waals surface area contributed by atoms with E-state index in [1.54, 1.807) is 20.0 Å². The van der Waals surface area contributed by atoms with E-state index in [1.807, 2.05) is 0 Å². The van der Waals surface area contributed by atoms with Gasteiger partial charge in [0.15, 0.2) is 0 Å². The summed E-state index contributed by atoms with van der Waals surface area (Å²) in [6.45, 7) is 2.14. The van der Waals surface area contributed by atoms with Crippen LogP contribution in [-0.4, -0.2) is 18.7 Å². The molecule has 0 bridgehead atoms. The number of hydrogen-bond donors (Lipinski definition) is 2. The highest BCUT2D eigenvalue weighted by molar-refractivity contribution is 6.31. The van der Waals surface area contributed by atoms with Gasteiger partial charge in [-0.15, -0.1) is 0 Å². The van der Waals surface area contributed by atoms with Gasteiger partial charge in [0.2, 0.25) is 0 Å². The number of aliphatic hydroxyl groups excluding tert-OH is 1. The van der Waals surface area contributed by atoms with Crippen molar-refractivity contribution in [2.75, 3.05) is 13.6 Å². The van der Waals surface area contributed by atoms with E-state index in [9.17, 15) is 9.50 Å². The molecule has 0 saturated carbocycles. The third-order valence-corrected chi connectivity index (χ3v) is 2.47. The number of likely N-dealkylation sites (N-methyl/N-ethyl adjacent to an activating group) is 1. The van der Waals surface area contributed by atoms with Crippen molar-refractivity contribution in [2.24, 2.45) is 0 Å². The molecule has 4 heteroatoms. The quantitative estimate of drug-likeness (QED) is 0.812. The summed E-state index contributed by atoms with van der Waals surface area (Å²) in [4.78, 5) is 0. The van der Waals surface area contributed by atoms with Crippen LogP contribution in [0.3, 0.4) is 0 Å². The highest BCUT2D eigenvalue weighted by Gasteiger charge is 2.16. The van der Waals surface area contributed by atoms with E-state index in [-0.39, 0.29) is 5.02 Å². The molecule has 0 fully saturated rings. The molecule has 1 atom stereocenters. The Labute approximate surface area is 87.7 Å². The Kier molecular flexibility index (Phi) is 3.86. The van der Waals surface area contributed by atoms with Crippen molar-refractivity contribution in [3.05, 3.63) is 34.1 Å². The van der Waals surface area contributed by atoms with Crippen LogP contribution in [0, 0.1) is 12.7 Å². The largest absolute Gasteiger partial charge is 0.387 e. The smallest absolute Gasteiger partial charge is 0.142 e. The second-order valence-electron chi connectivity index (χ2n) is 3.17. The number of rotatable bonds is 3. The topological polar surface area (TPSA) is 32.3 Å². The number of halogens is 2. The van der Waals surface area contributed by atoms with Gasteiger partial charge >= 0.3 is 0 Å². The van der Waals surface area contributed by atoms with E-state index in [2.05, 4.69) is 5.32 Å². The van der Waals surface area contributed by atoms with Crippen LogP contribution in [0.4, 0.5) is 4.39 Å². The molecule has 0 aromatic heterocycles. The molecule has 1 aromatic carbocycles. The third-order valence-electron chi connectivity index (χ3n) is 2.08. The third kappa shape index (κ3) is 2.23. The van der Waals surface area contributed by atoms with E-state index in [0.717, 1.165) is 5.56 Å². The lowest BCUT2D eigenvalue weighted by Crippen LogP contribution is -2.18. The van der Waals surface area contributed by atoms with E-state index in [0.29, 0.717) is 12.1 Å². The molecule has 0 aliphatic rings. The van der Waals surface area contributed by atoms with Crippen molar-refractivity contribution >= 4 is 11.6 Å². The van der Waals surface area contributed by atoms with Gasteiger partial charge in [-0.1, -0.05) is 17.7 Å². The van der Waals surface area contributed by atoms with Crippen LogP contribution in [0.1, 0.15) is 17.2 Å². The molecule has 14 heavy (non-hydrogen) atoms. The maximum atomic E-state index is 13.1. The first kappa shape index (κ1) is 11.4. The highest BCUT2D eigenvalue weighted by atomic mass is 35.5. The summed E-state index contributed by atoms with van der Waals surface area (Å²) in [5, 5.41) is 12.5. The van der Waals surface area contributed by atoms with E-state index in [1.165, 1.54) is 6.07 Å². The first-order valence-electron chi connectivity index (χ1n) is 4.35. The number of benzene rings is 1. The lowest BCUT2D eigenvalue weighted by atomic mass is 10.0. The summed E-state index contributed by atoms with van der Waals surface area (Å²) in [5.41, 5.74) is 1.25. The van der Waals surface area contributed by atoms with E-state index < -0.39 is 11.9 Å². The summed E-state index contributed by atoms with van der Waals surface area (Å²) in [7, 11) is 1.71. The number of aliphatic hydroxyl groups is 1. The Morgan fingerprint density at radius 1 is 1.57 bits per heavy atom. The Morgan fingerprint density at radius 2 is 2.21 bits per heavy atom. The normalized spacial score (nSPS) is 12.9. The zero-order chi connectivity index (χ0) is 10.7. The fourth-order valence-corrected chi connectivity index (χ4v) is 1.71. The Hall–Kier alpha value is -0.640. The minimum absolute atomic E-state index is 0.00718. The Morgan fingerprint density at radius 3 is 2.79 bits per heavy atom. The van der Waals surface area contributed by atoms with Crippen LogP contribution in [0.5, 0.6) is 0 Å². The summed E-state index contributed by atoms with van der Waals surface area (Å²) in [6.07, 6.45) is -0.775. The summed E-state index contributed by atoms with van der Waals surface area (Å²) >= 11 is 5.77. The average Bonchev–Trinajstić information content (AvgIpc) is 2.13. The van der Waals surface area contributed by atoms with Gasteiger partial charge in [-0.3, -0.25) is 0 Å². The molecule has 0 aliphatic heterocycles. The van der Waals surface area contributed by atoms with Gasteiger partial charge in [0.1, 0.15) is 5.82 Å². The van der Waals surface area contributed by atoms with Crippen molar-refractivity contribution in [1.82, 2.24) is 5.32 Å². The van der Waals surface area contributed by atoms with Gasteiger partial charge < -0.3 is 10.4 Å². The number of nitrogens with one attached hydrogen (secondary N) is 1. The molecule has 0 aliphatic carbocycles. The first-order valence-corrected chi connectivity index (χ1v) is 4.73. The monoisotopic (exact) mass is 217 g/mol. The molecule has 0 heterocycles. The maximum absolute atomic E-state index is 13.1. The summed E-state index contributed by atoms with van der Waals surface area (Å²) in [5.74, 6) is -0.498. The lowest BCUT2D eigenvalue weighted by Gasteiger charge is -2.15. The van der Waals surface area contributed by atoms with Crippen LogP contribution in [-0.2, 0) is 0 Å². The van der Waals surface area contributed by atoms with Gasteiger partial charge in [0, 0.05) is 12.1 Å². The Balaban J connectivity index is 3.11. The number of aryl methyl sites for hydroxylation is 1. The maximum Gasteiger partial charge on any atom is 0.142 e. The van der Waals surface area contributed by atoms with Crippen LogP contribution in [0.15, 0.2) is 12.1 Å². The minimum atomic E-state index is -0.775. The molecule has 2 nitrogen and oxygen atoms in total. The molecular weight excluding hydrogens is 205 g/mol. The number of hydrogen-bond acceptors (Lipinski definition) is 2. The molecule has 0 amide bonds. The highest BCUT2D eigenvalue weighted by Crippen LogP contribution is 2.28. The minimum Gasteiger partial charge on any atom is -0.387 e. The van der Waals surface area contributed by atoms with Crippen LogP contribution in [0.2, 0.25) is 5.02 Å². The van der Waals surface area contributed by atoms with E-state index >= 15 is 0 Å². The predicted molar refractivity (Wildman–Crippen MR) is 55.0 cm³/mol. The summed E-state index contributed by atoms with van der Waals surface area (Å²) in [6, 6.07) is 2.91. The van der Waals surface area contributed by atoms with E-state index in [4.69, 9.17) is 11.6 Å². The molecule has 1 aromatic rings. The van der Waals surface area contributed by atoms with Gasteiger partial charge in [0.05, 0.1) is 11.1 Å². The van der Waals surface area contributed by atoms with Crippen LogP contribution in [0.25, 0.3) is 0 Å². The van der Waals surface area contributed by atoms with Crippen molar-refractivity contribution in [3.8, 4) is 0 Å². The van der Waals surface area contributed by atoms with Gasteiger partial charge in [-0.05, 0) is 25.6 Å². The van der Waals surface area contributed by atoms with Crippen molar-refractivity contribution in [2.45, 2.75) is 13.0 Å². The standard InChI is InChI=1S/C10H13ClFNO/c1-6-3-4-7(12)10(11)9(6)8(14)5-13-2/h3-4,8,13-14H,5H2,1-2H3.